The predicted octanol–water partition coefficient (Wildman–Crippen LogP) is 2.83. The van der Waals surface area contributed by atoms with E-state index in [1.165, 1.54) is 0 Å². The van der Waals surface area contributed by atoms with Crippen LogP contribution in [0.5, 0.6) is 5.75 Å². The summed E-state index contributed by atoms with van der Waals surface area (Å²) in [6.07, 6.45) is 0. The van der Waals surface area contributed by atoms with Crippen LogP contribution in [0.15, 0.2) is 22.7 Å². The first kappa shape index (κ1) is 18.9. The van der Waals surface area contributed by atoms with E-state index in [4.69, 9.17) is 21.7 Å². The summed E-state index contributed by atoms with van der Waals surface area (Å²) < 4.78 is 11.3. The SMILES string of the molecule is CCN(CC)C(=S)NC(=O)c1cc(Br)ccc1OCCOC. The molecule has 0 unspecified atom stereocenters. The second kappa shape index (κ2) is 9.76. The van der Waals surface area contributed by atoms with Gasteiger partial charge in [0.15, 0.2) is 5.11 Å². The molecule has 7 heteroatoms. The molecule has 1 aromatic rings. The van der Waals surface area contributed by atoms with Crippen LogP contribution in [-0.4, -0.2) is 49.3 Å². The van der Waals surface area contributed by atoms with Gasteiger partial charge in [-0.1, -0.05) is 15.9 Å². The van der Waals surface area contributed by atoms with E-state index in [2.05, 4.69) is 21.2 Å². The lowest BCUT2D eigenvalue weighted by Crippen LogP contribution is -2.42. The Morgan fingerprint density at radius 2 is 2.00 bits per heavy atom. The van der Waals surface area contributed by atoms with Crippen molar-refractivity contribution in [1.82, 2.24) is 10.2 Å². The number of nitrogens with one attached hydrogen (secondary N) is 1. The first-order valence-electron chi connectivity index (χ1n) is 7.05. The third kappa shape index (κ3) is 5.55. The summed E-state index contributed by atoms with van der Waals surface area (Å²) in [6, 6.07) is 5.28. The smallest absolute Gasteiger partial charge is 0.261 e. The van der Waals surface area contributed by atoms with Crippen molar-refractivity contribution in [2.45, 2.75) is 13.8 Å². The number of halogens is 1. The summed E-state index contributed by atoms with van der Waals surface area (Å²) in [6.45, 7) is 6.28. The lowest BCUT2D eigenvalue weighted by Gasteiger charge is -2.22. The fourth-order valence-electron chi connectivity index (χ4n) is 1.79. The van der Waals surface area contributed by atoms with Gasteiger partial charge in [-0.3, -0.25) is 10.1 Å². The van der Waals surface area contributed by atoms with E-state index in [0.717, 1.165) is 17.6 Å². The van der Waals surface area contributed by atoms with Crippen molar-refractivity contribution in [3.05, 3.63) is 28.2 Å². The highest BCUT2D eigenvalue weighted by atomic mass is 79.9. The molecular formula is C15H21BrN2O3S. The first-order chi connectivity index (χ1) is 10.5. The Hall–Kier alpha value is -1.18. The highest BCUT2D eigenvalue weighted by Crippen LogP contribution is 2.23. The molecule has 0 bridgehead atoms. The van der Waals surface area contributed by atoms with Gasteiger partial charge in [0.25, 0.3) is 5.91 Å². The molecular weight excluding hydrogens is 368 g/mol. The van der Waals surface area contributed by atoms with Gasteiger partial charge >= 0.3 is 0 Å². The van der Waals surface area contributed by atoms with Gasteiger partial charge in [0.2, 0.25) is 0 Å². The lowest BCUT2D eigenvalue weighted by molar-refractivity contribution is 0.0965. The molecule has 0 aromatic heterocycles. The summed E-state index contributed by atoms with van der Waals surface area (Å²) in [5.41, 5.74) is 0.431. The first-order valence-corrected chi connectivity index (χ1v) is 8.25. The molecule has 0 aliphatic carbocycles. The van der Waals surface area contributed by atoms with Gasteiger partial charge in [0, 0.05) is 24.7 Å². The minimum absolute atomic E-state index is 0.286. The van der Waals surface area contributed by atoms with Crippen LogP contribution in [0.1, 0.15) is 24.2 Å². The van der Waals surface area contributed by atoms with Crippen LogP contribution >= 0.6 is 28.1 Å². The molecule has 0 radical (unpaired) electrons. The summed E-state index contributed by atoms with van der Waals surface area (Å²) in [5, 5.41) is 3.16. The number of rotatable bonds is 7. The van der Waals surface area contributed by atoms with Crippen LogP contribution in [0, 0.1) is 0 Å². The highest BCUT2D eigenvalue weighted by Gasteiger charge is 2.16. The Morgan fingerprint density at radius 1 is 1.32 bits per heavy atom. The summed E-state index contributed by atoms with van der Waals surface area (Å²) in [5.74, 6) is 0.214. The lowest BCUT2D eigenvalue weighted by atomic mass is 10.2. The minimum Gasteiger partial charge on any atom is -0.490 e. The quantitative estimate of drug-likeness (QED) is 0.574. The van der Waals surface area contributed by atoms with E-state index in [1.54, 1.807) is 19.2 Å². The monoisotopic (exact) mass is 388 g/mol. The second-order valence-corrected chi connectivity index (χ2v) is 5.72. The molecule has 0 aliphatic heterocycles. The molecule has 0 saturated heterocycles. The average Bonchev–Trinajstić information content (AvgIpc) is 2.50. The van der Waals surface area contributed by atoms with Crippen LogP contribution < -0.4 is 10.1 Å². The predicted molar refractivity (Wildman–Crippen MR) is 94.5 cm³/mol. The Kier molecular flexibility index (Phi) is 8.37. The highest BCUT2D eigenvalue weighted by molar-refractivity contribution is 9.10. The Balaban J connectivity index is 2.86. The largest absolute Gasteiger partial charge is 0.490 e. The van der Waals surface area contributed by atoms with Gasteiger partial charge < -0.3 is 14.4 Å². The van der Waals surface area contributed by atoms with E-state index >= 15 is 0 Å². The number of nitrogens with zero attached hydrogens (tertiary/aromatic N) is 1. The van der Waals surface area contributed by atoms with Gasteiger partial charge in [-0.25, -0.2) is 0 Å². The zero-order chi connectivity index (χ0) is 16.5. The summed E-state index contributed by atoms with van der Waals surface area (Å²) in [7, 11) is 1.60. The number of hydrogen-bond acceptors (Lipinski definition) is 4. The standard InChI is InChI=1S/C15H21BrN2O3S/c1-4-18(5-2)15(22)17-14(19)12-10-11(16)6-7-13(12)21-9-8-20-3/h6-7,10H,4-5,8-9H2,1-3H3,(H,17,19,22). The van der Waals surface area contributed by atoms with E-state index in [1.807, 2.05) is 24.8 Å². The zero-order valence-corrected chi connectivity index (χ0v) is 15.4. The van der Waals surface area contributed by atoms with Gasteiger partial charge in [0.05, 0.1) is 12.2 Å². The number of carbonyl (C=O) groups excluding carboxylic acids is 1. The van der Waals surface area contributed by atoms with Crippen molar-refractivity contribution in [2.75, 3.05) is 33.4 Å². The molecule has 0 atom stereocenters. The molecule has 22 heavy (non-hydrogen) atoms. The third-order valence-electron chi connectivity index (χ3n) is 3.00. The fourth-order valence-corrected chi connectivity index (χ4v) is 2.51. The van der Waals surface area contributed by atoms with E-state index in [-0.39, 0.29) is 5.91 Å². The Bertz CT molecular complexity index is 522. The second-order valence-electron chi connectivity index (χ2n) is 4.41. The number of benzene rings is 1. The Morgan fingerprint density at radius 3 is 2.59 bits per heavy atom. The molecule has 5 nitrogen and oxygen atoms in total. The number of amides is 1. The Labute approximate surface area is 145 Å². The zero-order valence-electron chi connectivity index (χ0n) is 13.0. The molecule has 0 heterocycles. The van der Waals surface area contributed by atoms with Crippen molar-refractivity contribution in [2.24, 2.45) is 0 Å². The van der Waals surface area contributed by atoms with Gasteiger partial charge in [0.1, 0.15) is 12.4 Å². The van der Waals surface area contributed by atoms with Crippen molar-refractivity contribution in [1.29, 1.82) is 0 Å². The summed E-state index contributed by atoms with van der Waals surface area (Å²) in [4.78, 5) is 14.3. The maximum atomic E-state index is 12.4. The van der Waals surface area contributed by atoms with Crippen LogP contribution in [0.25, 0.3) is 0 Å². The topological polar surface area (TPSA) is 50.8 Å². The minimum atomic E-state index is -0.286. The fraction of sp³-hybridized carbons (Fsp3) is 0.467. The van der Waals surface area contributed by atoms with Crippen LogP contribution in [0.3, 0.4) is 0 Å². The maximum absolute atomic E-state index is 12.4. The number of methoxy groups -OCH3 is 1. The third-order valence-corrected chi connectivity index (χ3v) is 3.86. The van der Waals surface area contributed by atoms with E-state index in [9.17, 15) is 4.79 Å². The molecule has 0 aliphatic rings. The number of thiocarbonyl (C=S) groups is 1. The molecule has 0 saturated carbocycles. The van der Waals surface area contributed by atoms with Crippen LogP contribution in [0.4, 0.5) is 0 Å². The number of carbonyl (C=O) groups is 1. The van der Waals surface area contributed by atoms with Gasteiger partial charge in [-0.2, -0.15) is 0 Å². The maximum Gasteiger partial charge on any atom is 0.261 e. The van der Waals surface area contributed by atoms with Crippen LogP contribution in [-0.2, 0) is 4.74 Å². The normalized spacial score (nSPS) is 10.2. The van der Waals surface area contributed by atoms with Crippen molar-refractivity contribution in [3.8, 4) is 5.75 Å². The number of ether oxygens (including phenoxy) is 2. The van der Waals surface area contributed by atoms with Crippen LogP contribution in [0.2, 0.25) is 0 Å². The van der Waals surface area contributed by atoms with Crippen molar-refractivity contribution >= 4 is 39.2 Å². The number of hydrogen-bond donors (Lipinski definition) is 1. The van der Waals surface area contributed by atoms with Gasteiger partial charge in [-0.05, 0) is 44.3 Å². The molecule has 0 fully saturated rings. The molecule has 122 valence electrons. The molecule has 1 N–H and O–H groups in total. The van der Waals surface area contributed by atoms with Crippen molar-refractivity contribution < 1.29 is 14.3 Å². The van der Waals surface area contributed by atoms with Gasteiger partial charge in [-0.15, -0.1) is 0 Å². The van der Waals surface area contributed by atoms with E-state index in [0.29, 0.717) is 29.6 Å². The molecule has 1 aromatic carbocycles. The summed E-state index contributed by atoms with van der Waals surface area (Å²) >= 11 is 8.62. The molecule has 1 amide bonds. The average molecular weight is 389 g/mol. The van der Waals surface area contributed by atoms with E-state index < -0.39 is 0 Å². The molecule has 1 rings (SSSR count). The van der Waals surface area contributed by atoms with Crippen molar-refractivity contribution in [3.63, 3.8) is 0 Å². The molecule has 0 spiro atoms.